The highest BCUT2D eigenvalue weighted by Gasteiger charge is 2.27. The zero-order valence-corrected chi connectivity index (χ0v) is 7.82. The molecule has 0 aromatic rings. The average molecular weight is 174 g/mol. The second kappa shape index (κ2) is 4.80. The van der Waals surface area contributed by atoms with Crippen molar-refractivity contribution in [2.45, 2.75) is 19.4 Å². The van der Waals surface area contributed by atoms with Crippen molar-refractivity contribution in [2.24, 2.45) is 11.8 Å². The van der Waals surface area contributed by atoms with E-state index in [0.29, 0.717) is 19.1 Å². The monoisotopic (exact) mass is 174 g/mol. The van der Waals surface area contributed by atoms with Crippen LogP contribution in [0, 0.1) is 11.8 Å². The van der Waals surface area contributed by atoms with Gasteiger partial charge < -0.3 is 14.6 Å². The molecular formula is C9H18O3. The van der Waals surface area contributed by atoms with Crippen molar-refractivity contribution in [3.8, 4) is 0 Å². The molecule has 0 radical (unpaired) electrons. The summed E-state index contributed by atoms with van der Waals surface area (Å²) in [5, 5.41) is 9.79. The van der Waals surface area contributed by atoms with E-state index in [1.165, 1.54) is 0 Å². The van der Waals surface area contributed by atoms with E-state index in [0.717, 1.165) is 13.0 Å². The van der Waals surface area contributed by atoms with Crippen LogP contribution < -0.4 is 0 Å². The molecule has 1 fully saturated rings. The van der Waals surface area contributed by atoms with Gasteiger partial charge in [0.1, 0.15) is 0 Å². The van der Waals surface area contributed by atoms with Gasteiger partial charge in [-0.15, -0.1) is 0 Å². The third kappa shape index (κ3) is 2.44. The largest absolute Gasteiger partial charge is 0.392 e. The van der Waals surface area contributed by atoms with Crippen molar-refractivity contribution in [3.05, 3.63) is 0 Å². The van der Waals surface area contributed by atoms with Crippen LogP contribution in [-0.4, -0.2) is 38.1 Å². The van der Waals surface area contributed by atoms with E-state index in [1.807, 2.05) is 6.92 Å². The minimum Gasteiger partial charge on any atom is -0.392 e. The fourth-order valence-corrected chi connectivity index (χ4v) is 1.65. The van der Waals surface area contributed by atoms with Gasteiger partial charge in [-0.3, -0.25) is 0 Å². The number of hydrogen-bond acceptors (Lipinski definition) is 3. The highest BCUT2D eigenvalue weighted by molar-refractivity contribution is 4.76. The van der Waals surface area contributed by atoms with Crippen LogP contribution >= 0.6 is 0 Å². The van der Waals surface area contributed by atoms with E-state index in [9.17, 15) is 5.11 Å². The summed E-state index contributed by atoms with van der Waals surface area (Å²) in [5.74, 6) is 0.525. The fraction of sp³-hybridized carbons (Fsp3) is 1.00. The molecule has 0 saturated carbocycles. The van der Waals surface area contributed by atoms with Crippen LogP contribution in [0.3, 0.4) is 0 Å². The van der Waals surface area contributed by atoms with Gasteiger partial charge in [-0.25, -0.2) is 0 Å². The summed E-state index contributed by atoms with van der Waals surface area (Å²) in [4.78, 5) is 0. The third-order valence-corrected chi connectivity index (χ3v) is 2.46. The molecule has 1 aliphatic heterocycles. The van der Waals surface area contributed by atoms with Crippen LogP contribution in [0.5, 0.6) is 0 Å². The van der Waals surface area contributed by atoms with Crippen LogP contribution in [0.2, 0.25) is 0 Å². The van der Waals surface area contributed by atoms with Gasteiger partial charge in [-0.05, 0) is 6.42 Å². The van der Waals surface area contributed by atoms with E-state index in [-0.39, 0.29) is 12.0 Å². The minimum absolute atomic E-state index is 0.210. The van der Waals surface area contributed by atoms with Gasteiger partial charge in [0.25, 0.3) is 0 Å². The molecule has 0 aromatic heterocycles. The third-order valence-electron chi connectivity index (χ3n) is 2.46. The Hall–Kier alpha value is -0.120. The maximum absolute atomic E-state index is 9.79. The quantitative estimate of drug-likeness (QED) is 0.680. The molecule has 1 saturated heterocycles. The van der Waals surface area contributed by atoms with Crippen molar-refractivity contribution in [1.82, 2.24) is 0 Å². The van der Waals surface area contributed by atoms with Gasteiger partial charge in [0.05, 0.1) is 19.3 Å². The summed E-state index contributed by atoms with van der Waals surface area (Å²) in [6.07, 6.45) is 0.710. The van der Waals surface area contributed by atoms with Crippen molar-refractivity contribution in [2.75, 3.05) is 26.9 Å². The van der Waals surface area contributed by atoms with Crippen LogP contribution in [0.4, 0.5) is 0 Å². The van der Waals surface area contributed by atoms with Gasteiger partial charge in [0.15, 0.2) is 0 Å². The summed E-state index contributed by atoms with van der Waals surface area (Å²) in [7, 11) is 1.66. The normalized spacial score (nSPS) is 28.8. The smallest absolute Gasteiger partial charge is 0.0638 e. The number of aliphatic hydroxyl groups excluding tert-OH is 1. The molecule has 1 aliphatic rings. The minimum atomic E-state index is -0.271. The van der Waals surface area contributed by atoms with Crippen LogP contribution in [0.1, 0.15) is 13.3 Å². The first-order valence-electron chi connectivity index (χ1n) is 4.50. The molecule has 3 heteroatoms. The SMILES string of the molecule is COCC(C)C(O)C1CCOC1. The maximum Gasteiger partial charge on any atom is 0.0638 e. The lowest BCUT2D eigenvalue weighted by molar-refractivity contribution is 0.0148. The van der Waals surface area contributed by atoms with Crippen LogP contribution in [0.15, 0.2) is 0 Å². The van der Waals surface area contributed by atoms with Gasteiger partial charge >= 0.3 is 0 Å². The molecule has 0 amide bonds. The molecule has 1 heterocycles. The molecule has 72 valence electrons. The molecule has 12 heavy (non-hydrogen) atoms. The molecule has 0 spiro atoms. The second-order valence-corrected chi connectivity index (χ2v) is 3.55. The highest BCUT2D eigenvalue weighted by Crippen LogP contribution is 2.21. The molecule has 1 rings (SSSR count). The van der Waals surface area contributed by atoms with E-state index in [2.05, 4.69) is 0 Å². The number of ether oxygens (including phenoxy) is 2. The molecule has 1 N–H and O–H groups in total. The van der Waals surface area contributed by atoms with Gasteiger partial charge in [-0.1, -0.05) is 6.92 Å². The summed E-state index contributed by atoms with van der Waals surface area (Å²) >= 11 is 0. The Kier molecular flexibility index (Phi) is 3.98. The first kappa shape index (κ1) is 9.96. The summed E-state index contributed by atoms with van der Waals surface area (Å²) < 4.78 is 10.2. The van der Waals surface area contributed by atoms with Gasteiger partial charge in [-0.2, -0.15) is 0 Å². The van der Waals surface area contributed by atoms with Crippen LogP contribution in [-0.2, 0) is 9.47 Å². The lowest BCUT2D eigenvalue weighted by Gasteiger charge is -2.22. The molecule has 0 bridgehead atoms. The van der Waals surface area contributed by atoms with E-state index >= 15 is 0 Å². The second-order valence-electron chi connectivity index (χ2n) is 3.55. The lowest BCUT2D eigenvalue weighted by atomic mass is 9.92. The predicted octanol–water partition coefficient (Wildman–Crippen LogP) is 0.666. The zero-order chi connectivity index (χ0) is 8.97. The Balaban J connectivity index is 2.29. The van der Waals surface area contributed by atoms with Crippen molar-refractivity contribution in [3.63, 3.8) is 0 Å². The topological polar surface area (TPSA) is 38.7 Å². The lowest BCUT2D eigenvalue weighted by Crippen LogP contribution is -2.30. The Bertz CT molecular complexity index is 121. The molecule has 0 aliphatic carbocycles. The van der Waals surface area contributed by atoms with Crippen molar-refractivity contribution in [1.29, 1.82) is 0 Å². The van der Waals surface area contributed by atoms with E-state index in [1.54, 1.807) is 7.11 Å². The number of aliphatic hydroxyl groups is 1. The Morgan fingerprint density at radius 1 is 1.67 bits per heavy atom. The number of hydrogen-bond donors (Lipinski definition) is 1. The number of rotatable bonds is 4. The molecule has 3 nitrogen and oxygen atoms in total. The number of methoxy groups -OCH3 is 1. The molecule has 0 aromatic carbocycles. The van der Waals surface area contributed by atoms with Crippen LogP contribution in [0.25, 0.3) is 0 Å². The van der Waals surface area contributed by atoms with Crippen molar-refractivity contribution < 1.29 is 14.6 Å². The van der Waals surface area contributed by atoms with E-state index < -0.39 is 0 Å². The summed E-state index contributed by atoms with van der Waals surface area (Å²) in [5.41, 5.74) is 0. The van der Waals surface area contributed by atoms with Gasteiger partial charge in [0.2, 0.25) is 0 Å². The summed E-state index contributed by atoms with van der Waals surface area (Å²) in [6.45, 7) is 4.13. The Labute approximate surface area is 73.7 Å². The first-order chi connectivity index (χ1) is 5.75. The molecular weight excluding hydrogens is 156 g/mol. The molecule has 3 unspecified atom stereocenters. The predicted molar refractivity (Wildman–Crippen MR) is 46.0 cm³/mol. The summed E-state index contributed by atoms with van der Waals surface area (Å²) in [6, 6.07) is 0. The van der Waals surface area contributed by atoms with E-state index in [4.69, 9.17) is 9.47 Å². The Morgan fingerprint density at radius 3 is 2.92 bits per heavy atom. The molecule has 3 atom stereocenters. The maximum atomic E-state index is 9.79. The first-order valence-corrected chi connectivity index (χ1v) is 4.50. The average Bonchev–Trinajstić information content (AvgIpc) is 2.55. The highest BCUT2D eigenvalue weighted by atomic mass is 16.5. The fourth-order valence-electron chi connectivity index (χ4n) is 1.65. The van der Waals surface area contributed by atoms with Gasteiger partial charge in [0, 0.05) is 25.6 Å². The standard InChI is InChI=1S/C9H18O3/c1-7(5-11-2)9(10)8-3-4-12-6-8/h7-10H,3-6H2,1-2H3. The van der Waals surface area contributed by atoms with Crippen molar-refractivity contribution >= 4 is 0 Å². The zero-order valence-electron chi connectivity index (χ0n) is 7.82. The Morgan fingerprint density at radius 2 is 2.42 bits per heavy atom.